The zero-order valence-corrected chi connectivity index (χ0v) is 3.89. The van der Waals surface area contributed by atoms with E-state index >= 15 is 0 Å². The Morgan fingerprint density at radius 3 is 2.43 bits per heavy atom. The monoisotopic (exact) mass is 100 g/mol. The van der Waals surface area contributed by atoms with E-state index in [0.717, 1.165) is 0 Å². The quantitative estimate of drug-likeness (QED) is 0.285. The lowest BCUT2D eigenvalue weighted by Gasteiger charge is -2.00. The van der Waals surface area contributed by atoms with Crippen molar-refractivity contribution in [3.63, 3.8) is 0 Å². The molecule has 0 bridgehead atoms. The highest BCUT2D eigenvalue weighted by molar-refractivity contribution is 4.72. The minimum absolute atomic E-state index is 0.206. The summed E-state index contributed by atoms with van der Waals surface area (Å²) in [5, 5.41) is 10.4. The lowest BCUT2D eigenvalue weighted by atomic mass is 10.7. The summed E-state index contributed by atoms with van der Waals surface area (Å²) in [5.74, 6) is 0. The molecule has 0 aliphatic rings. The van der Waals surface area contributed by atoms with Crippen LogP contribution >= 0.6 is 0 Å². The molecule has 0 aliphatic carbocycles. The molecule has 4 heteroatoms. The molecule has 0 saturated heterocycles. The van der Waals surface area contributed by atoms with Gasteiger partial charge in [0.1, 0.15) is 6.29 Å². The van der Waals surface area contributed by atoms with Crippen LogP contribution in [0, 0.1) is 11.3 Å². The lowest BCUT2D eigenvalue weighted by Crippen LogP contribution is -2.45. The van der Waals surface area contributed by atoms with Crippen molar-refractivity contribution in [1.29, 1.82) is 5.26 Å². The summed E-state index contributed by atoms with van der Waals surface area (Å²) < 4.78 is 0. The Bertz CT molecular complexity index is 71.5. The molecular formula is C3H8N4. The number of hydrogen-bond acceptors (Lipinski definition) is 4. The second-order valence-electron chi connectivity index (χ2n) is 1.06. The summed E-state index contributed by atoms with van der Waals surface area (Å²) in [4.78, 5) is 0. The first-order chi connectivity index (χ1) is 3.27. The Balaban J connectivity index is 2.86. The van der Waals surface area contributed by atoms with Crippen LogP contribution in [-0.2, 0) is 0 Å². The highest BCUT2D eigenvalue weighted by Gasteiger charge is 1.85. The van der Waals surface area contributed by atoms with Crippen molar-refractivity contribution in [2.24, 2.45) is 11.5 Å². The molecule has 0 fully saturated rings. The number of nitriles is 1. The fourth-order valence-electron chi connectivity index (χ4n) is 0.163. The Morgan fingerprint density at radius 2 is 2.29 bits per heavy atom. The summed E-state index contributed by atoms with van der Waals surface area (Å²) in [5.41, 5.74) is 9.99. The van der Waals surface area contributed by atoms with Crippen molar-refractivity contribution >= 4 is 0 Å². The largest absolute Gasteiger partial charge is 0.304 e. The van der Waals surface area contributed by atoms with Gasteiger partial charge in [-0.15, -0.1) is 0 Å². The Labute approximate surface area is 42.1 Å². The van der Waals surface area contributed by atoms with Crippen LogP contribution in [0.15, 0.2) is 0 Å². The highest BCUT2D eigenvalue weighted by Crippen LogP contribution is 1.50. The predicted molar refractivity (Wildman–Crippen MR) is 25.8 cm³/mol. The van der Waals surface area contributed by atoms with Gasteiger partial charge in [-0.2, -0.15) is 5.26 Å². The fraction of sp³-hybridized carbons (Fsp3) is 0.667. The van der Waals surface area contributed by atoms with Crippen LogP contribution in [0.1, 0.15) is 0 Å². The second-order valence-corrected chi connectivity index (χ2v) is 1.06. The van der Waals surface area contributed by atoms with Gasteiger partial charge in [0.05, 0.1) is 12.6 Å². The molecule has 0 aromatic heterocycles. The zero-order chi connectivity index (χ0) is 5.70. The van der Waals surface area contributed by atoms with Crippen LogP contribution in [0.25, 0.3) is 0 Å². The first-order valence-corrected chi connectivity index (χ1v) is 1.89. The first kappa shape index (κ1) is 6.37. The number of nitrogens with two attached hydrogens (primary N) is 2. The molecule has 4 nitrogen and oxygen atoms in total. The molecule has 0 rings (SSSR count). The molecule has 0 aliphatic heterocycles. The smallest absolute Gasteiger partial charge is 0.107 e. The standard InChI is InChI=1S/C3H8N4/c4-1-2-7-3(5)6/h3,7H,2,5-6H2. The lowest BCUT2D eigenvalue weighted by molar-refractivity contribution is 0.584. The van der Waals surface area contributed by atoms with Gasteiger partial charge in [-0.1, -0.05) is 0 Å². The van der Waals surface area contributed by atoms with Crippen molar-refractivity contribution in [2.45, 2.75) is 6.29 Å². The summed E-state index contributed by atoms with van der Waals surface area (Å²) >= 11 is 0. The molecule has 5 N–H and O–H groups in total. The van der Waals surface area contributed by atoms with Gasteiger partial charge < -0.3 is 11.5 Å². The van der Waals surface area contributed by atoms with Crippen LogP contribution in [0.4, 0.5) is 0 Å². The van der Waals surface area contributed by atoms with E-state index in [9.17, 15) is 0 Å². The van der Waals surface area contributed by atoms with E-state index in [4.69, 9.17) is 16.7 Å². The van der Waals surface area contributed by atoms with Gasteiger partial charge in [0.25, 0.3) is 0 Å². The fourth-order valence-corrected chi connectivity index (χ4v) is 0.163. The highest BCUT2D eigenvalue weighted by atomic mass is 15.1. The van der Waals surface area contributed by atoms with Gasteiger partial charge in [0.2, 0.25) is 0 Å². The van der Waals surface area contributed by atoms with Gasteiger partial charge in [-0.25, -0.2) is 0 Å². The van der Waals surface area contributed by atoms with Crippen molar-refractivity contribution < 1.29 is 0 Å². The van der Waals surface area contributed by atoms with Crippen LogP contribution in [0.5, 0.6) is 0 Å². The Morgan fingerprint density at radius 1 is 1.71 bits per heavy atom. The second kappa shape index (κ2) is 3.56. The van der Waals surface area contributed by atoms with E-state index in [-0.39, 0.29) is 6.54 Å². The third-order valence-electron chi connectivity index (χ3n) is 0.417. The van der Waals surface area contributed by atoms with Gasteiger partial charge in [0.15, 0.2) is 0 Å². The zero-order valence-electron chi connectivity index (χ0n) is 3.89. The Kier molecular flexibility index (Phi) is 3.24. The van der Waals surface area contributed by atoms with E-state index in [0.29, 0.717) is 0 Å². The van der Waals surface area contributed by atoms with Crippen molar-refractivity contribution in [3.05, 3.63) is 0 Å². The van der Waals surface area contributed by atoms with E-state index in [1.54, 1.807) is 0 Å². The number of nitrogens with one attached hydrogen (secondary N) is 1. The molecule has 0 spiro atoms. The molecule has 0 heterocycles. The predicted octanol–water partition coefficient (Wildman–Crippen LogP) is -1.70. The van der Waals surface area contributed by atoms with Crippen LogP contribution in [0.2, 0.25) is 0 Å². The number of nitrogens with zero attached hydrogens (tertiary/aromatic N) is 1. The van der Waals surface area contributed by atoms with Gasteiger partial charge in [-0.05, 0) is 0 Å². The van der Waals surface area contributed by atoms with Gasteiger partial charge in [-0.3, -0.25) is 5.32 Å². The molecule has 0 aromatic rings. The third kappa shape index (κ3) is 5.37. The van der Waals surface area contributed by atoms with Crippen LogP contribution in [0.3, 0.4) is 0 Å². The summed E-state index contributed by atoms with van der Waals surface area (Å²) in [7, 11) is 0. The average Bonchev–Trinajstić information content (AvgIpc) is 1.61. The maximum Gasteiger partial charge on any atom is 0.107 e. The van der Waals surface area contributed by atoms with E-state index in [1.807, 2.05) is 6.07 Å². The topological polar surface area (TPSA) is 87.9 Å². The normalized spacial score (nSPS) is 8.86. The molecular weight excluding hydrogens is 92.1 g/mol. The summed E-state index contributed by atoms with van der Waals surface area (Å²) in [6.45, 7) is 0.206. The molecule has 0 unspecified atom stereocenters. The maximum atomic E-state index is 7.89. The Hall–Kier alpha value is -0.630. The van der Waals surface area contributed by atoms with Crippen molar-refractivity contribution in [1.82, 2.24) is 5.32 Å². The van der Waals surface area contributed by atoms with Gasteiger partial charge >= 0.3 is 0 Å². The van der Waals surface area contributed by atoms with Crippen LogP contribution in [-0.4, -0.2) is 12.8 Å². The third-order valence-corrected chi connectivity index (χ3v) is 0.417. The van der Waals surface area contributed by atoms with Crippen molar-refractivity contribution in [2.75, 3.05) is 6.54 Å². The van der Waals surface area contributed by atoms with E-state index in [1.165, 1.54) is 0 Å². The summed E-state index contributed by atoms with van der Waals surface area (Å²) in [6.07, 6.45) is -0.570. The van der Waals surface area contributed by atoms with E-state index < -0.39 is 6.29 Å². The number of hydrogen-bond donors (Lipinski definition) is 3. The SMILES string of the molecule is N#CCNC(N)N. The number of rotatable bonds is 2. The molecule has 0 radical (unpaired) electrons. The molecule has 0 amide bonds. The molecule has 0 aromatic carbocycles. The minimum atomic E-state index is -0.570. The van der Waals surface area contributed by atoms with E-state index in [2.05, 4.69) is 5.32 Å². The van der Waals surface area contributed by atoms with Crippen molar-refractivity contribution in [3.8, 4) is 6.07 Å². The maximum absolute atomic E-state index is 7.89. The minimum Gasteiger partial charge on any atom is -0.304 e. The van der Waals surface area contributed by atoms with Gasteiger partial charge in [0, 0.05) is 0 Å². The van der Waals surface area contributed by atoms with Crippen LogP contribution < -0.4 is 16.8 Å². The molecule has 7 heavy (non-hydrogen) atoms. The molecule has 0 atom stereocenters. The average molecular weight is 100 g/mol. The first-order valence-electron chi connectivity index (χ1n) is 1.89. The molecule has 40 valence electrons. The molecule has 0 saturated carbocycles. The summed E-state index contributed by atoms with van der Waals surface area (Å²) in [6, 6.07) is 1.83.